The van der Waals surface area contributed by atoms with Crippen LogP contribution >= 0.6 is 0 Å². The average Bonchev–Trinajstić information content (AvgIpc) is 3.26. The number of hydrogen-bond acceptors (Lipinski definition) is 4. The highest BCUT2D eigenvalue weighted by atomic mass is 16.5. The Bertz CT molecular complexity index is 1010. The zero-order chi connectivity index (χ0) is 20.1. The zero-order valence-electron chi connectivity index (χ0n) is 16.1. The number of anilines is 1. The molecule has 2 aromatic carbocycles. The molecule has 0 spiro atoms. The molecule has 2 heterocycles. The van der Waals surface area contributed by atoms with Crippen LogP contribution in [0.25, 0.3) is 10.9 Å². The van der Waals surface area contributed by atoms with Crippen LogP contribution < -0.4 is 15.0 Å². The largest absolute Gasteiger partial charge is 0.492 e. The van der Waals surface area contributed by atoms with Crippen LogP contribution in [0.4, 0.5) is 10.5 Å². The van der Waals surface area contributed by atoms with Crippen LogP contribution in [0, 0.1) is 11.3 Å². The van der Waals surface area contributed by atoms with E-state index in [1.807, 2.05) is 11.1 Å². The lowest BCUT2D eigenvalue weighted by atomic mass is 10.2. The minimum absolute atomic E-state index is 0.0621. The molecule has 0 atom stereocenters. The Labute approximate surface area is 169 Å². The molecular weight excluding hydrogens is 366 g/mol. The predicted octanol–water partition coefficient (Wildman–Crippen LogP) is 2.95. The third kappa shape index (κ3) is 4.27. The molecule has 0 aliphatic carbocycles. The van der Waals surface area contributed by atoms with Gasteiger partial charge in [-0.15, -0.1) is 0 Å². The smallest absolute Gasteiger partial charge is 0.317 e. The molecule has 7 heteroatoms. The molecule has 2 N–H and O–H groups in total. The van der Waals surface area contributed by atoms with Gasteiger partial charge >= 0.3 is 6.03 Å². The van der Waals surface area contributed by atoms with Gasteiger partial charge in [-0.2, -0.15) is 5.26 Å². The van der Waals surface area contributed by atoms with Crippen LogP contribution in [0.1, 0.15) is 5.56 Å². The Hall–Kier alpha value is -3.66. The van der Waals surface area contributed by atoms with Crippen molar-refractivity contribution in [3.8, 4) is 11.8 Å². The van der Waals surface area contributed by atoms with Crippen molar-refractivity contribution in [2.24, 2.45) is 0 Å². The van der Waals surface area contributed by atoms with Crippen LogP contribution in [-0.4, -0.2) is 55.2 Å². The number of piperazine rings is 1. The van der Waals surface area contributed by atoms with Gasteiger partial charge in [0.05, 0.1) is 18.2 Å². The van der Waals surface area contributed by atoms with Gasteiger partial charge in [-0.3, -0.25) is 0 Å². The Morgan fingerprint density at radius 2 is 1.90 bits per heavy atom. The second-order valence-corrected chi connectivity index (χ2v) is 6.91. The topological polar surface area (TPSA) is 84.4 Å². The summed E-state index contributed by atoms with van der Waals surface area (Å²) in [5.74, 6) is 0.686. The number of H-pyrrole nitrogens is 1. The predicted molar refractivity (Wildman–Crippen MR) is 112 cm³/mol. The van der Waals surface area contributed by atoms with Gasteiger partial charge in [0.2, 0.25) is 0 Å². The lowest BCUT2D eigenvalue weighted by Crippen LogP contribution is -2.52. The summed E-state index contributed by atoms with van der Waals surface area (Å²) in [4.78, 5) is 19.8. The van der Waals surface area contributed by atoms with E-state index >= 15 is 0 Å². The molecule has 29 heavy (non-hydrogen) atoms. The van der Waals surface area contributed by atoms with E-state index in [2.05, 4.69) is 45.5 Å². The number of nitriles is 1. The third-order valence-corrected chi connectivity index (χ3v) is 5.11. The summed E-state index contributed by atoms with van der Waals surface area (Å²) < 4.78 is 5.60. The van der Waals surface area contributed by atoms with Gasteiger partial charge in [0.15, 0.2) is 0 Å². The van der Waals surface area contributed by atoms with Gasteiger partial charge < -0.3 is 24.8 Å². The number of rotatable bonds is 5. The first-order valence-corrected chi connectivity index (χ1v) is 9.71. The minimum atomic E-state index is -0.0621. The number of urea groups is 1. The molecule has 1 aliphatic heterocycles. The number of amides is 2. The fourth-order valence-corrected chi connectivity index (χ4v) is 3.56. The van der Waals surface area contributed by atoms with E-state index in [-0.39, 0.29) is 6.03 Å². The van der Waals surface area contributed by atoms with Crippen LogP contribution in [0.15, 0.2) is 54.7 Å². The molecule has 1 saturated heterocycles. The van der Waals surface area contributed by atoms with Crippen LogP contribution in [-0.2, 0) is 0 Å². The van der Waals surface area contributed by atoms with Crippen LogP contribution in [0.3, 0.4) is 0 Å². The lowest BCUT2D eigenvalue weighted by molar-refractivity contribution is 0.191. The highest BCUT2D eigenvalue weighted by Gasteiger charge is 2.22. The number of carbonyl (C=O) groups excluding carboxylic acids is 1. The summed E-state index contributed by atoms with van der Waals surface area (Å²) in [5.41, 5.74) is 2.93. The summed E-state index contributed by atoms with van der Waals surface area (Å²) in [5, 5.41) is 12.9. The average molecular weight is 389 g/mol. The first kappa shape index (κ1) is 18.7. The Kier molecular flexibility index (Phi) is 5.52. The number of aromatic nitrogens is 1. The fraction of sp³-hybridized carbons (Fsp3) is 0.273. The highest BCUT2D eigenvalue weighted by molar-refractivity contribution is 5.92. The van der Waals surface area contributed by atoms with Gasteiger partial charge in [-0.05, 0) is 42.5 Å². The Morgan fingerprint density at radius 1 is 1.10 bits per heavy atom. The zero-order valence-corrected chi connectivity index (χ0v) is 16.1. The molecular formula is C22H23N5O2. The van der Waals surface area contributed by atoms with Crippen LogP contribution in [0.2, 0.25) is 0 Å². The standard InChI is InChI=1S/C22H23N5O2/c23-16-17-4-6-18(7-5-17)29-15-10-25-22(28)27-13-11-26(12-14-27)21-3-1-2-20-19(21)8-9-24-20/h1-9,24H,10-15H2,(H,25,28). The maximum atomic E-state index is 12.4. The van der Waals surface area contributed by atoms with Crippen molar-refractivity contribution < 1.29 is 9.53 Å². The quantitative estimate of drug-likeness (QED) is 0.657. The SMILES string of the molecule is N#Cc1ccc(OCCNC(=O)N2CCN(c3cccc4[nH]ccc34)CC2)cc1. The summed E-state index contributed by atoms with van der Waals surface area (Å²) >= 11 is 0. The summed E-state index contributed by atoms with van der Waals surface area (Å²) in [7, 11) is 0. The molecule has 3 aromatic rings. The van der Waals surface area contributed by atoms with Gasteiger partial charge in [-0.25, -0.2) is 4.79 Å². The first-order valence-electron chi connectivity index (χ1n) is 9.71. The monoisotopic (exact) mass is 389 g/mol. The lowest BCUT2D eigenvalue weighted by Gasteiger charge is -2.36. The van der Waals surface area contributed by atoms with Crippen molar-refractivity contribution in [1.29, 1.82) is 5.26 Å². The fourth-order valence-electron chi connectivity index (χ4n) is 3.56. The number of nitrogens with one attached hydrogen (secondary N) is 2. The summed E-state index contributed by atoms with van der Waals surface area (Å²) in [6.45, 7) is 3.79. The second-order valence-electron chi connectivity index (χ2n) is 6.91. The van der Waals surface area contributed by atoms with Gasteiger partial charge in [-0.1, -0.05) is 6.07 Å². The van der Waals surface area contributed by atoms with Crippen molar-refractivity contribution in [3.05, 3.63) is 60.3 Å². The Morgan fingerprint density at radius 3 is 2.66 bits per heavy atom. The van der Waals surface area contributed by atoms with Gasteiger partial charge in [0.1, 0.15) is 12.4 Å². The van der Waals surface area contributed by atoms with E-state index in [1.165, 1.54) is 11.1 Å². The van der Waals surface area contributed by atoms with Crippen LogP contribution in [0.5, 0.6) is 5.75 Å². The molecule has 0 bridgehead atoms. The minimum Gasteiger partial charge on any atom is -0.492 e. The summed E-state index contributed by atoms with van der Waals surface area (Å²) in [6.07, 6.45) is 1.96. The number of benzene rings is 2. The third-order valence-electron chi connectivity index (χ3n) is 5.11. The maximum absolute atomic E-state index is 12.4. The van der Waals surface area contributed by atoms with Crippen molar-refractivity contribution in [1.82, 2.24) is 15.2 Å². The van der Waals surface area contributed by atoms with Crippen molar-refractivity contribution in [2.45, 2.75) is 0 Å². The number of aromatic amines is 1. The van der Waals surface area contributed by atoms with E-state index in [9.17, 15) is 4.79 Å². The van der Waals surface area contributed by atoms with Gasteiger partial charge in [0, 0.05) is 49.0 Å². The maximum Gasteiger partial charge on any atom is 0.317 e. The second kappa shape index (κ2) is 8.57. The number of hydrogen-bond donors (Lipinski definition) is 2. The molecule has 2 amide bonds. The molecule has 0 radical (unpaired) electrons. The molecule has 1 aliphatic rings. The molecule has 0 unspecified atom stereocenters. The molecule has 0 saturated carbocycles. The molecule has 148 valence electrons. The molecule has 1 fully saturated rings. The number of carbonyl (C=O) groups is 1. The van der Waals surface area contributed by atoms with Gasteiger partial charge in [0.25, 0.3) is 0 Å². The molecule has 7 nitrogen and oxygen atoms in total. The molecule has 1 aromatic heterocycles. The van der Waals surface area contributed by atoms with E-state index in [4.69, 9.17) is 10.00 Å². The van der Waals surface area contributed by atoms with Crippen molar-refractivity contribution >= 4 is 22.6 Å². The first-order chi connectivity index (χ1) is 14.2. The van der Waals surface area contributed by atoms with E-state index in [1.54, 1.807) is 24.3 Å². The van der Waals surface area contributed by atoms with Crippen molar-refractivity contribution in [2.75, 3.05) is 44.2 Å². The number of ether oxygens (including phenoxy) is 1. The summed E-state index contributed by atoms with van der Waals surface area (Å²) in [6, 6.07) is 17.3. The number of nitrogens with zero attached hydrogens (tertiary/aromatic N) is 3. The normalized spacial score (nSPS) is 13.9. The highest BCUT2D eigenvalue weighted by Crippen LogP contribution is 2.26. The van der Waals surface area contributed by atoms with E-state index in [0.29, 0.717) is 37.6 Å². The van der Waals surface area contributed by atoms with E-state index < -0.39 is 0 Å². The van der Waals surface area contributed by atoms with E-state index in [0.717, 1.165) is 18.6 Å². The van der Waals surface area contributed by atoms with Crippen molar-refractivity contribution in [3.63, 3.8) is 0 Å². The molecule has 4 rings (SSSR count). The number of fused-ring (bicyclic) bond motifs is 1. The Balaban J connectivity index is 1.22.